The van der Waals surface area contributed by atoms with Crippen LogP contribution in [0.1, 0.15) is 40.5 Å². The van der Waals surface area contributed by atoms with E-state index in [2.05, 4.69) is 9.47 Å². The fourth-order valence-corrected chi connectivity index (χ4v) is 0.407. The molecular formula is C14H32Ba2O6. The van der Waals surface area contributed by atoms with E-state index in [0.717, 1.165) is 0 Å². The minimum absolute atomic E-state index is 0. The standard InChI is InChI=1S/2C4H9O2.2C3H7O.2Ba/c2*1-6-4-2-3-5;2*1-3(2)4;;/h2*2-4H2,1H3;2*3H,1-2H3;;/q4*-1;2*+2. The van der Waals surface area contributed by atoms with Gasteiger partial charge in [0.2, 0.25) is 0 Å². The van der Waals surface area contributed by atoms with Crippen molar-refractivity contribution in [2.45, 2.75) is 52.7 Å². The van der Waals surface area contributed by atoms with Gasteiger partial charge in [-0.1, -0.05) is 27.7 Å². The summed E-state index contributed by atoms with van der Waals surface area (Å²) in [4.78, 5) is 0. The molecule has 0 atom stereocenters. The van der Waals surface area contributed by atoms with E-state index < -0.39 is 12.2 Å². The van der Waals surface area contributed by atoms with Crippen LogP contribution in [0, 0.1) is 0 Å². The summed E-state index contributed by atoms with van der Waals surface area (Å²) in [6.45, 7) is 7.61. The maximum Gasteiger partial charge on any atom is 2.00 e. The van der Waals surface area contributed by atoms with E-state index in [9.17, 15) is 20.4 Å². The number of hydrogen-bond acceptors (Lipinski definition) is 6. The Morgan fingerprint density at radius 2 is 0.864 bits per heavy atom. The summed E-state index contributed by atoms with van der Waals surface area (Å²) in [5.74, 6) is 0. The van der Waals surface area contributed by atoms with E-state index >= 15 is 0 Å². The van der Waals surface area contributed by atoms with Gasteiger partial charge in [0.15, 0.2) is 0 Å². The zero-order chi connectivity index (χ0) is 16.8. The third-order valence-corrected chi connectivity index (χ3v) is 0.986. The van der Waals surface area contributed by atoms with Crippen molar-refractivity contribution in [1.29, 1.82) is 0 Å². The third-order valence-electron chi connectivity index (χ3n) is 0.986. The Bertz CT molecular complexity index is 102. The molecule has 0 aromatic heterocycles. The van der Waals surface area contributed by atoms with Gasteiger partial charge in [-0.2, -0.15) is 0 Å². The molecular weight excluding hydrogens is 539 g/mol. The molecule has 0 radical (unpaired) electrons. The van der Waals surface area contributed by atoms with Crippen LogP contribution in [0.3, 0.4) is 0 Å². The Hall–Kier alpha value is 2.90. The first-order valence-corrected chi connectivity index (χ1v) is 6.75. The van der Waals surface area contributed by atoms with Gasteiger partial charge in [-0.05, 0) is 12.8 Å². The first-order valence-electron chi connectivity index (χ1n) is 6.75. The second-order valence-electron chi connectivity index (χ2n) is 4.20. The molecule has 0 unspecified atom stereocenters. The summed E-state index contributed by atoms with van der Waals surface area (Å²) in [5, 5.41) is 38.3. The molecule has 0 aliphatic heterocycles. The van der Waals surface area contributed by atoms with E-state index in [0.29, 0.717) is 26.1 Å². The maximum atomic E-state index is 9.61. The molecule has 0 spiro atoms. The average molecular weight is 571 g/mol. The normalized spacial score (nSPS) is 8.18. The summed E-state index contributed by atoms with van der Waals surface area (Å²) in [7, 11) is 3.19. The monoisotopic (exact) mass is 572 g/mol. The first-order chi connectivity index (χ1) is 9.29. The van der Waals surface area contributed by atoms with Gasteiger partial charge >= 0.3 is 97.8 Å². The minimum Gasteiger partial charge on any atom is -0.854 e. The summed E-state index contributed by atoms with van der Waals surface area (Å²) >= 11 is 0. The first kappa shape index (κ1) is 39.8. The molecule has 0 aromatic rings. The minimum atomic E-state index is -0.417. The van der Waals surface area contributed by atoms with Gasteiger partial charge in [-0.25, -0.2) is 0 Å². The van der Waals surface area contributed by atoms with Crippen LogP contribution in [0.5, 0.6) is 0 Å². The van der Waals surface area contributed by atoms with E-state index in [4.69, 9.17) is 0 Å². The Kier molecular flexibility index (Phi) is 79.4. The van der Waals surface area contributed by atoms with Crippen LogP contribution in [0.2, 0.25) is 0 Å². The van der Waals surface area contributed by atoms with Gasteiger partial charge in [0.05, 0.1) is 0 Å². The molecule has 0 saturated heterocycles. The van der Waals surface area contributed by atoms with Crippen LogP contribution in [-0.2, 0) is 9.47 Å². The molecule has 0 saturated carbocycles. The smallest absolute Gasteiger partial charge is 0.854 e. The van der Waals surface area contributed by atoms with Crippen LogP contribution in [0.15, 0.2) is 0 Å². The topological polar surface area (TPSA) is 111 Å². The number of ether oxygens (including phenoxy) is 2. The third kappa shape index (κ3) is 139. The summed E-state index contributed by atoms with van der Waals surface area (Å²) in [5.41, 5.74) is 0. The Morgan fingerprint density at radius 1 is 0.682 bits per heavy atom. The van der Waals surface area contributed by atoms with Crippen molar-refractivity contribution < 1.29 is 29.9 Å². The van der Waals surface area contributed by atoms with Crippen LogP contribution in [-0.4, -0.2) is 151 Å². The number of hydrogen-bond donors (Lipinski definition) is 0. The van der Waals surface area contributed by atoms with Gasteiger partial charge < -0.3 is 29.9 Å². The van der Waals surface area contributed by atoms with Gasteiger partial charge in [0.25, 0.3) is 0 Å². The Morgan fingerprint density at radius 3 is 0.909 bits per heavy atom. The zero-order valence-corrected chi connectivity index (χ0v) is 24.1. The van der Waals surface area contributed by atoms with Gasteiger partial charge in [-0.15, -0.1) is 25.4 Å². The second-order valence-corrected chi connectivity index (χ2v) is 4.20. The van der Waals surface area contributed by atoms with Crippen molar-refractivity contribution >= 4 is 97.8 Å². The van der Waals surface area contributed by atoms with Crippen molar-refractivity contribution in [3.63, 3.8) is 0 Å². The van der Waals surface area contributed by atoms with Crippen molar-refractivity contribution in [3.05, 3.63) is 0 Å². The molecule has 0 bridgehead atoms. The van der Waals surface area contributed by atoms with Gasteiger partial charge in [-0.3, -0.25) is 0 Å². The molecule has 6 nitrogen and oxygen atoms in total. The maximum absolute atomic E-state index is 9.61. The summed E-state index contributed by atoms with van der Waals surface area (Å²) in [6, 6.07) is 0. The number of rotatable bonds is 6. The zero-order valence-electron chi connectivity index (χ0n) is 15.3. The molecule has 22 heavy (non-hydrogen) atoms. The molecule has 0 amide bonds. The van der Waals surface area contributed by atoms with Crippen LogP contribution in [0.4, 0.5) is 0 Å². The van der Waals surface area contributed by atoms with E-state index in [1.165, 1.54) is 0 Å². The van der Waals surface area contributed by atoms with Crippen LogP contribution in [0.25, 0.3) is 0 Å². The molecule has 128 valence electrons. The largest absolute Gasteiger partial charge is 2.00 e. The molecule has 0 N–H and O–H groups in total. The number of methoxy groups -OCH3 is 2. The fraction of sp³-hybridized carbons (Fsp3) is 1.00. The molecule has 0 aliphatic rings. The SMILES string of the molecule is CC(C)[O-].CC(C)[O-].COCCC[O-].COCCC[O-].[Ba+2].[Ba+2]. The van der Waals surface area contributed by atoms with Gasteiger partial charge in [0, 0.05) is 27.4 Å². The molecule has 0 aliphatic carbocycles. The van der Waals surface area contributed by atoms with E-state index in [-0.39, 0.29) is 111 Å². The molecule has 0 heterocycles. The van der Waals surface area contributed by atoms with Crippen molar-refractivity contribution in [1.82, 2.24) is 0 Å². The molecule has 0 fully saturated rings. The van der Waals surface area contributed by atoms with Crippen molar-refractivity contribution in [2.75, 3.05) is 40.6 Å². The molecule has 0 rings (SSSR count). The predicted molar refractivity (Wildman–Crippen MR) is 84.5 cm³/mol. The Labute approximate surface area is 217 Å². The second kappa shape index (κ2) is 43.9. The summed E-state index contributed by atoms with van der Waals surface area (Å²) in [6.07, 6.45) is 0.437. The van der Waals surface area contributed by atoms with Crippen molar-refractivity contribution in [3.8, 4) is 0 Å². The van der Waals surface area contributed by atoms with Crippen LogP contribution >= 0.6 is 0 Å². The quantitative estimate of drug-likeness (QED) is 0.258. The Balaban J connectivity index is -0.0000000383. The average Bonchev–Trinajstić information content (AvgIpc) is 2.33. The van der Waals surface area contributed by atoms with E-state index in [1.54, 1.807) is 41.9 Å². The van der Waals surface area contributed by atoms with Crippen LogP contribution < -0.4 is 20.4 Å². The summed E-state index contributed by atoms with van der Waals surface area (Å²) < 4.78 is 9.16. The molecule has 8 heteroatoms. The fourth-order valence-electron chi connectivity index (χ4n) is 0.407. The molecule has 0 aromatic carbocycles. The van der Waals surface area contributed by atoms with Gasteiger partial charge in [0.1, 0.15) is 0 Å². The van der Waals surface area contributed by atoms with Crippen molar-refractivity contribution in [2.24, 2.45) is 0 Å². The van der Waals surface area contributed by atoms with E-state index in [1.807, 2.05) is 0 Å². The predicted octanol–water partition coefficient (Wildman–Crippen LogP) is -2.48.